The molecule has 1 aliphatic rings. The Bertz CT molecular complexity index is 391. The second-order valence-electron chi connectivity index (χ2n) is 5.41. The fourth-order valence-electron chi connectivity index (χ4n) is 2.99. The van der Waals surface area contributed by atoms with Crippen molar-refractivity contribution < 1.29 is 0 Å². The monoisotopic (exact) mass is 248 g/mol. The Labute approximate surface area is 110 Å². The van der Waals surface area contributed by atoms with Gasteiger partial charge in [0.2, 0.25) is 0 Å². The lowest BCUT2D eigenvalue weighted by Crippen LogP contribution is -2.34. The van der Waals surface area contributed by atoms with Crippen LogP contribution in [-0.4, -0.2) is 41.0 Å². The maximum absolute atomic E-state index is 4.64. The van der Waals surface area contributed by atoms with Gasteiger partial charge in [-0.05, 0) is 59.3 Å². The number of aromatic nitrogens is 2. The summed E-state index contributed by atoms with van der Waals surface area (Å²) < 4.78 is 0. The zero-order chi connectivity index (χ0) is 13.1. The molecule has 18 heavy (non-hydrogen) atoms. The van der Waals surface area contributed by atoms with Crippen molar-refractivity contribution in [1.82, 2.24) is 20.2 Å². The highest BCUT2D eigenvalue weighted by Gasteiger charge is 2.36. The summed E-state index contributed by atoms with van der Waals surface area (Å²) in [6, 6.07) is 3.06. The summed E-state index contributed by atoms with van der Waals surface area (Å²) in [6.45, 7) is 8.71. The Kier molecular flexibility index (Phi) is 4.30. The van der Waals surface area contributed by atoms with Crippen LogP contribution in [0.4, 0.5) is 0 Å². The van der Waals surface area contributed by atoms with Gasteiger partial charge in [-0.3, -0.25) is 4.90 Å². The van der Waals surface area contributed by atoms with E-state index in [9.17, 15) is 0 Å². The van der Waals surface area contributed by atoms with Gasteiger partial charge < -0.3 is 5.32 Å². The highest BCUT2D eigenvalue weighted by molar-refractivity contribution is 5.12. The molecule has 1 aliphatic heterocycles. The Morgan fingerprint density at radius 1 is 1.50 bits per heavy atom. The molecular formula is C14H24N4. The zero-order valence-electron chi connectivity index (χ0n) is 11.8. The van der Waals surface area contributed by atoms with Crippen LogP contribution in [-0.2, 0) is 0 Å². The normalized spacial score (nSPS) is 24.9. The van der Waals surface area contributed by atoms with Crippen molar-refractivity contribution in [2.24, 2.45) is 5.92 Å². The minimum atomic E-state index is 0.430. The number of rotatable bonds is 4. The van der Waals surface area contributed by atoms with Crippen LogP contribution in [0.15, 0.2) is 12.3 Å². The van der Waals surface area contributed by atoms with Crippen LogP contribution in [0.5, 0.6) is 0 Å². The molecule has 0 spiro atoms. The van der Waals surface area contributed by atoms with Crippen molar-refractivity contribution in [3.8, 4) is 0 Å². The van der Waals surface area contributed by atoms with Gasteiger partial charge in [0.25, 0.3) is 0 Å². The van der Waals surface area contributed by atoms with Gasteiger partial charge in [-0.15, -0.1) is 0 Å². The summed E-state index contributed by atoms with van der Waals surface area (Å²) in [5, 5.41) is 3.31. The van der Waals surface area contributed by atoms with Gasteiger partial charge in [0.15, 0.2) is 0 Å². The molecule has 4 nitrogen and oxygen atoms in total. The molecule has 0 radical (unpaired) electrons. The molecule has 1 aromatic rings. The first-order valence-electron chi connectivity index (χ1n) is 6.83. The van der Waals surface area contributed by atoms with Gasteiger partial charge in [0.05, 0.1) is 11.7 Å². The van der Waals surface area contributed by atoms with Gasteiger partial charge >= 0.3 is 0 Å². The molecule has 0 saturated carbocycles. The minimum Gasteiger partial charge on any atom is -0.319 e. The molecule has 0 aliphatic carbocycles. The zero-order valence-corrected chi connectivity index (χ0v) is 11.8. The van der Waals surface area contributed by atoms with Crippen LogP contribution < -0.4 is 5.32 Å². The SMILES string of the molecule is CNCC1CCN(C(C)C)C1c1ccnc(C)n1. The summed E-state index contributed by atoms with van der Waals surface area (Å²) >= 11 is 0. The molecule has 100 valence electrons. The van der Waals surface area contributed by atoms with Crippen molar-refractivity contribution in [1.29, 1.82) is 0 Å². The summed E-state index contributed by atoms with van der Waals surface area (Å²) in [6.07, 6.45) is 3.12. The van der Waals surface area contributed by atoms with Gasteiger partial charge in [-0.25, -0.2) is 9.97 Å². The molecule has 2 heterocycles. The van der Waals surface area contributed by atoms with Crippen molar-refractivity contribution >= 4 is 0 Å². The molecule has 4 heteroatoms. The van der Waals surface area contributed by atoms with E-state index in [4.69, 9.17) is 0 Å². The number of aryl methyl sites for hydroxylation is 1. The van der Waals surface area contributed by atoms with Gasteiger partial charge in [-0.2, -0.15) is 0 Å². The standard InChI is InChI=1S/C14H24N4/c1-10(2)18-8-6-12(9-15-4)14(18)13-5-7-16-11(3)17-13/h5,7,10,12,14-15H,6,8-9H2,1-4H3. The van der Waals surface area contributed by atoms with Crippen LogP contribution in [0.2, 0.25) is 0 Å². The maximum Gasteiger partial charge on any atom is 0.125 e. The Morgan fingerprint density at radius 2 is 2.28 bits per heavy atom. The highest BCUT2D eigenvalue weighted by atomic mass is 15.2. The van der Waals surface area contributed by atoms with E-state index in [0.717, 1.165) is 18.9 Å². The molecule has 2 unspecified atom stereocenters. The third-order valence-corrected chi connectivity index (χ3v) is 3.79. The second-order valence-corrected chi connectivity index (χ2v) is 5.41. The van der Waals surface area contributed by atoms with Crippen LogP contribution in [0.3, 0.4) is 0 Å². The molecule has 1 saturated heterocycles. The fraction of sp³-hybridized carbons (Fsp3) is 0.714. The Morgan fingerprint density at radius 3 is 2.89 bits per heavy atom. The predicted molar refractivity (Wildman–Crippen MR) is 73.4 cm³/mol. The number of likely N-dealkylation sites (tertiary alicyclic amines) is 1. The molecule has 0 bridgehead atoms. The smallest absolute Gasteiger partial charge is 0.125 e. The van der Waals surface area contributed by atoms with E-state index in [0.29, 0.717) is 18.0 Å². The summed E-state index contributed by atoms with van der Waals surface area (Å²) in [5.41, 5.74) is 1.17. The third kappa shape index (κ3) is 2.70. The maximum atomic E-state index is 4.64. The van der Waals surface area contributed by atoms with Crippen molar-refractivity contribution in [2.45, 2.75) is 39.3 Å². The van der Waals surface area contributed by atoms with Crippen molar-refractivity contribution in [3.63, 3.8) is 0 Å². The van der Waals surface area contributed by atoms with E-state index in [1.807, 2.05) is 20.2 Å². The first-order valence-corrected chi connectivity index (χ1v) is 6.83. The molecule has 2 rings (SSSR count). The average Bonchev–Trinajstić information content (AvgIpc) is 2.73. The molecule has 1 N–H and O–H groups in total. The number of hydrogen-bond acceptors (Lipinski definition) is 4. The lowest BCUT2D eigenvalue weighted by atomic mass is 9.97. The fourth-order valence-corrected chi connectivity index (χ4v) is 2.99. The van der Waals surface area contributed by atoms with Crippen LogP contribution in [0.1, 0.15) is 37.8 Å². The molecule has 2 atom stereocenters. The Hall–Kier alpha value is -1.00. The van der Waals surface area contributed by atoms with E-state index in [-0.39, 0.29) is 0 Å². The summed E-state index contributed by atoms with van der Waals surface area (Å²) in [4.78, 5) is 11.4. The number of nitrogens with zero attached hydrogens (tertiary/aromatic N) is 3. The summed E-state index contributed by atoms with van der Waals surface area (Å²) in [5.74, 6) is 1.51. The van der Waals surface area contributed by atoms with E-state index < -0.39 is 0 Å². The lowest BCUT2D eigenvalue weighted by molar-refractivity contribution is 0.178. The topological polar surface area (TPSA) is 41.0 Å². The van der Waals surface area contributed by atoms with Crippen LogP contribution in [0, 0.1) is 12.8 Å². The first-order chi connectivity index (χ1) is 8.63. The average molecular weight is 248 g/mol. The second kappa shape index (κ2) is 5.76. The van der Waals surface area contributed by atoms with Gasteiger partial charge in [0.1, 0.15) is 5.82 Å². The van der Waals surface area contributed by atoms with Crippen molar-refractivity contribution in [2.75, 3.05) is 20.1 Å². The highest BCUT2D eigenvalue weighted by Crippen LogP contribution is 2.37. The molecular weight excluding hydrogens is 224 g/mol. The molecule has 0 amide bonds. The van der Waals surface area contributed by atoms with E-state index in [1.54, 1.807) is 0 Å². The number of nitrogens with one attached hydrogen (secondary N) is 1. The minimum absolute atomic E-state index is 0.430. The van der Waals surface area contributed by atoms with Gasteiger partial charge in [-0.1, -0.05) is 0 Å². The molecule has 0 aromatic carbocycles. The molecule has 1 aromatic heterocycles. The third-order valence-electron chi connectivity index (χ3n) is 3.79. The largest absolute Gasteiger partial charge is 0.319 e. The van der Waals surface area contributed by atoms with Gasteiger partial charge in [0, 0.05) is 12.2 Å². The van der Waals surface area contributed by atoms with Crippen LogP contribution >= 0.6 is 0 Å². The first kappa shape index (κ1) is 13.4. The van der Waals surface area contributed by atoms with E-state index >= 15 is 0 Å². The number of hydrogen-bond donors (Lipinski definition) is 1. The molecule has 1 fully saturated rings. The lowest BCUT2D eigenvalue weighted by Gasteiger charge is -2.31. The Balaban J connectivity index is 2.28. The predicted octanol–water partition coefficient (Wildman–Crippen LogP) is 1.78. The van der Waals surface area contributed by atoms with E-state index in [2.05, 4.69) is 40.1 Å². The quantitative estimate of drug-likeness (QED) is 0.882. The van der Waals surface area contributed by atoms with Crippen LogP contribution in [0.25, 0.3) is 0 Å². The van der Waals surface area contributed by atoms with Crippen molar-refractivity contribution in [3.05, 3.63) is 23.8 Å². The van der Waals surface area contributed by atoms with E-state index in [1.165, 1.54) is 12.1 Å². The summed E-state index contributed by atoms with van der Waals surface area (Å²) in [7, 11) is 2.03.